The second-order valence-electron chi connectivity index (χ2n) is 4.35. The maximum atomic E-state index is 5.63. The van der Waals surface area contributed by atoms with E-state index >= 15 is 0 Å². The topological polar surface area (TPSA) is 21.8 Å². The Balaban J connectivity index is 1.97. The van der Waals surface area contributed by atoms with Gasteiger partial charge in [0.25, 0.3) is 0 Å². The third-order valence-corrected chi connectivity index (χ3v) is 2.25. The maximum Gasteiger partial charge on any atom is 0.117 e. The fraction of sp³-hybridized carbons (Fsp3) is 0.500. The quantitative estimate of drug-likeness (QED) is 0.641. The zero-order valence-electron chi connectivity index (χ0n) is 8.69. The molecule has 2 nitrogen and oxygen atoms in total. The summed E-state index contributed by atoms with van der Waals surface area (Å²) in [5, 5.41) is 0. The molecule has 0 aromatic heterocycles. The second kappa shape index (κ2) is 3.62. The Morgan fingerprint density at radius 3 is 3.00 bits per heavy atom. The highest BCUT2D eigenvalue weighted by atomic mass is 16.6. The van der Waals surface area contributed by atoms with Crippen LogP contribution in [0.1, 0.15) is 13.8 Å². The number of allylic oxidation sites excluding steroid dienone is 5. The second-order valence-corrected chi connectivity index (χ2v) is 4.35. The minimum absolute atomic E-state index is 0.0727. The van der Waals surface area contributed by atoms with E-state index in [2.05, 4.69) is 32.1 Å². The van der Waals surface area contributed by atoms with E-state index < -0.39 is 0 Å². The number of hydrogen-bond donors (Lipinski definition) is 0. The van der Waals surface area contributed by atoms with Gasteiger partial charge in [-0.1, -0.05) is 32.1 Å². The van der Waals surface area contributed by atoms with Crippen molar-refractivity contribution in [2.75, 3.05) is 13.2 Å². The summed E-state index contributed by atoms with van der Waals surface area (Å²) in [6.07, 6.45) is 10.7. The van der Waals surface area contributed by atoms with E-state index in [1.165, 1.54) is 0 Å². The predicted octanol–water partition coefficient (Wildman–Crippen LogP) is 2.44. The van der Waals surface area contributed by atoms with Gasteiger partial charge in [-0.3, -0.25) is 0 Å². The molecule has 2 heteroatoms. The van der Waals surface area contributed by atoms with Gasteiger partial charge in [-0.2, -0.15) is 0 Å². The molecule has 14 heavy (non-hydrogen) atoms. The van der Waals surface area contributed by atoms with Crippen molar-refractivity contribution in [3.63, 3.8) is 0 Å². The van der Waals surface area contributed by atoms with Crippen molar-refractivity contribution in [1.82, 2.24) is 0 Å². The van der Waals surface area contributed by atoms with Gasteiger partial charge >= 0.3 is 0 Å². The van der Waals surface area contributed by atoms with Crippen LogP contribution < -0.4 is 0 Å². The SMILES string of the molecule is CC1(C)C=CC=CC(OCC2CO2)=C1. The lowest BCUT2D eigenvalue weighted by Crippen LogP contribution is -2.06. The van der Waals surface area contributed by atoms with E-state index in [1.54, 1.807) is 0 Å². The Bertz CT molecular complexity index is 293. The monoisotopic (exact) mass is 192 g/mol. The Labute approximate surface area is 84.9 Å². The molecule has 1 aliphatic heterocycles. The van der Waals surface area contributed by atoms with Crippen molar-refractivity contribution in [2.24, 2.45) is 5.41 Å². The summed E-state index contributed by atoms with van der Waals surface area (Å²) in [6, 6.07) is 0. The van der Waals surface area contributed by atoms with Crippen LogP contribution in [-0.2, 0) is 9.47 Å². The smallest absolute Gasteiger partial charge is 0.117 e. The third-order valence-electron chi connectivity index (χ3n) is 2.25. The summed E-state index contributed by atoms with van der Waals surface area (Å²) >= 11 is 0. The van der Waals surface area contributed by atoms with Gasteiger partial charge in [-0.25, -0.2) is 0 Å². The van der Waals surface area contributed by atoms with Crippen LogP contribution in [0.25, 0.3) is 0 Å². The molecule has 1 heterocycles. The number of rotatable bonds is 3. The molecule has 0 saturated carbocycles. The molecule has 0 spiro atoms. The highest BCUT2D eigenvalue weighted by molar-refractivity contribution is 5.27. The molecule has 1 unspecified atom stereocenters. The van der Waals surface area contributed by atoms with Gasteiger partial charge in [-0.05, 0) is 12.2 Å². The van der Waals surface area contributed by atoms with Crippen LogP contribution in [-0.4, -0.2) is 19.3 Å². The lowest BCUT2D eigenvalue weighted by Gasteiger charge is -2.15. The van der Waals surface area contributed by atoms with Gasteiger partial charge < -0.3 is 9.47 Å². The zero-order chi connectivity index (χ0) is 10.0. The Morgan fingerprint density at radius 2 is 2.29 bits per heavy atom. The van der Waals surface area contributed by atoms with Crippen molar-refractivity contribution in [2.45, 2.75) is 20.0 Å². The van der Waals surface area contributed by atoms with Crippen LogP contribution in [0.5, 0.6) is 0 Å². The van der Waals surface area contributed by atoms with Crippen LogP contribution >= 0.6 is 0 Å². The first-order chi connectivity index (χ1) is 6.66. The van der Waals surface area contributed by atoms with E-state index in [0.717, 1.165) is 12.4 Å². The lowest BCUT2D eigenvalue weighted by atomic mass is 9.93. The first-order valence-electron chi connectivity index (χ1n) is 4.99. The lowest BCUT2D eigenvalue weighted by molar-refractivity contribution is 0.190. The average molecular weight is 192 g/mol. The van der Waals surface area contributed by atoms with Gasteiger partial charge in [0, 0.05) is 5.41 Å². The van der Waals surface area contributed by atoms with Crippen molar-refractivity contribution in [3.05, 3.63) is 36.1 Å². The van der Waals surface area contributed by atoms with Gasteiger partial charge in [0.2, 0.25) is 0 Å². The molecule has 0 bridgehead atoms. The van der Waals surface area contributed by atoms with Crippen LogP contribution in [0.4, 0.5) is 0 Å². The fourth-order valence-electron chi connectivity index (χ4n) is 1.36. The van der Waals surface area contributed by atoms with Gasteiger partial charge in [0.1, 0.15) is 18.5 Å². The first-order valence-corrected chi connectivity index (χ1v) is 4.99. The molecular formula is C12H16O2. The summed E-state index contributed by atoms with van der Waals surface area (Å²) in [5.74, 6) is 0.940. The largest absolute Gasteiger partial charge is 0.491 e. The molecule has 76 valence electrons. The van der Waals surface area contributed by atoms with E-state index in [9.17, 15) is 0 Å². The van der Waals surface area contributed by atoms with Crippen LogP contribution in [0.15, 0.2) is 36.1 Å². The molecule has 0 amide bonds. The minimum atomic E-state index is 0.0727. The van der Waals surface area contributed by atoms with Gasteiger partial charge in [-0.15, -0.1) is 0 Å². The molecule has 0 aromatic carbocycles. The van der Waals surface area contributed by atoms with Crippen molar-refractivity contribution < 1.29 is 9.47 Å². The number of epoxide rings is 1. The molecule has 0 radical (unpaired) electrons. The molecule has 0 aromatic rings. The predicted molar refractivity (Wildman–Crippen MR) is 55.8 cm³/mol. The standard InChI is InChI=1S/C12H16O2/c1-12(2)6-4-3-5-10(7-12)13-8-11-9-14-11/h3-7,11H,8-9H2,1-2H3. The average Bonchev–Trinajstić information content (AvgIpc) is 2.89. The summed E-state index contributed by atoms with van der Waals surface area (Å²) in [4.78, 5) is 0. The highest BCUT2D eigenvalue weighted by Crippen LogP contribution is 2.25. The van der Waals surface area contributed by atoms with E-state index in [4.69, 9.17) is 9.47 Å². The van der Waals surface area contributed by atoms with Crippen molar-refractivity contribution >= 4 is 0 Å². The minimum Gasteiger partial charge on any atom is -0.491 e. The number of hydrogen-bond acceptors (Lipinski definition) is 2. The van der Waals surface area contributed by atoms with E-state index in [0.29, 0.717) is 12.7 Å². The molecule has 0 N–H and O–H groups in total. The van der Waals surface area contributed by atoms with Crippen molar-refractivity contribution in [3.8, 4) is 0 Å². The first kappa shape index (κ1) is 9.53. The molecule has 2 rings (SSSR count). The van der Waals surface area contributed by atoms with Crippen molar-refractivity contribution in [1.29, 1.82) is 0 Å². The van der Waals surface area contributed by atoms with Crippen LogP contribution in [0, 0.1) is 5.41 Å². The molecule has 1 fully saturated rings. The molecular weight excluding hydrogens is 176 g/mol. The third kappa shape index (κ3) is 2.74. The normalized spacial score (nSPS) is 28.1. The van der Waals surface area contributed by atoms with E-state index in [1.807, 2.05) is 12.2 Å². The highest BCUT2D eigenvalue weighted by Gasteiger charge is 2.23. The Hall–Kier alpha value is -1.02. The van der Waals surface area contributed by atoms with E-state index in [-0.39, 0.29) is 5.41 Å². The Morgan fingerprint density at radius 1 is 1.50 bits per heavy atom. The van der Waals surface area contributed by atoms with Crippen LogP contribution in [0.2, 0.25) is 0 Å². The van der Waals surface area contributed by atoms with Gasteiger partial charge in [0.05, 0.1) is 6.61 Å². The maximum absolute atomic E-state index is 5.63. The van der Waals surface area contributed by atoms with Crippen LogP contribution in [0.3, 0.4) is 0 Å². The molecule has 1 aliphatic carbocycles. The number of ether oxygens (including phenoxy) is 2. The summed E-state index contributed by atoms with van der Waals surface area (Å²) in [7, 11) is 0. The summed E-state index contributed by atoms with van der Waals surface area (Å²) < 4.78 is 10.7. The fourth-order valence-corrected chi connectivity index (χ4v) is 1.36. The summed E-state index contributed by atoms with van der Waals surface area (Å²) in [6.45, 7) is 5.84. The zero-order valence-corrected chi connectivity index (χ0v) is 8.69. The molecule has 2 aliphatic rings. The molecule has 1 saturated heterocycles. The summed E-state index contributed by atoms with van der Waals surface area (Å²) in [5.41, 5.74) is 0.0727. The van der Waals surface area contributed by atoms with Gasteiger partial charge in [0.15, 0.2) is 0 Å². The molecule has 1 atom stereocenters. The Kier molecular flexibility index (Phi) is 2.46.